The molecule has 1 saturated heterocycles. The summed E-state index contributed by atoms with van der Waals surface area (Å²) in [6.07, 6.45) is 4.94. The Bertz CT molecular complexity index is 1950. The maximum atomic E-state index is 11.8. The van der Waals surface area contributed by atoms with Crippen LogP contribution >= 0.6 is 35.6 Å². The van der Waals surface area contributed by atoms with Gasteiger partial charge in [-0.3, -0.25) is 9.69 Å². The predicted molar refractivity (Wildman–Crippen MR) is 221 cm³/mol. The fourth-order valence-corrected chi connectivity index (χ4v) is 6.70. The van der Waals surface area contributed by atoms with Crippen molar-refractivity contribution in [2.75, 3.05) is 32.8 Å². The molecule has 5 aromatic rings. The number of carbonyl (C=O) groups is 1. The number of rotatable bonds is 15. The lowest BCUT2D eigenvalue weighted by Crippen LogP contribution is -2.45. The number of aromatic nitrogens is 1. The first kappa shape index (κ1) is 40.7. The minimum Gasteiger partial charge on any atom is -0.493 e. The topological polar surface area (TPSA) is 64.1 Å². The molecule has 0 spiro atoms. The van der Waals surface area contributed by atoms with Crippen molar-refractivity contribution in [3.05, 3.63) is 153 Å². The number of ether oxygens (including phenoxy) is 3. The van der Waals surface area contributed by atoms with Crippen LogP contribution in [-0.2, 0) is 24.4 Å². The van der Waals surface area contributed by atoms with E-state index in [2.05, 4.69) is 77.2 Å². The first-order valence-corrected chi connectivity index (χ1v) is 18.7. The predicted octanol–water partition coefficient (Wildman–Crippen LogP) is 10.6. The number of piperazine rings is 1. The van der Waals surface area contributed by atoms with Crippen LogP contribution in [0.25, 0.3) is 5.70 Å². The molecule has 0 saturated carbocycles. The number of hydrogen-bond acceptors (Lipinski definition) is 7. The highest BCUT2D eigenvalue weighted by atomic mass is 35.5. The van der Waals surface area contributed by atoms with E-state index in [0.717, 1.165) is 73.6 Å². The molecule has 0 amide bonds. The van der Waals surface area contributed by atoms with Gasteiger partial charge in [0.15, 0.2) is 5.75 Å². The summed E-state index contributed by atoms with van der Waals surface area (Å²) < 4.78 is 17.9. The van der Waals surface area contributed by atoms with Crippen LogP contribution in [0.15, 0.2) is 109 Å². The molecule has 7 nitrogen and oxygen atoms in total. The Morgan fingerprint density at radius 2 is 1.48 bits per heavy atom. The molecule has 0 radical (unpaired) electrons. The molecule has 1 aliphatic rings. The summed E-state index contributed by atoms with van der Waals surface area (Å²) in [6.45, 7) is 11.6. The molecule has 0 unspecified atom stereocenters. The number of allylic oxidation sites excluding steroid dienone is 1. The second-order valence-electron chi connectivity index (χ2n) is 13.5. The van der Waals surface area contributed by atoms with Gasteiger partial charge in [-0.2, -0.15) is 0 Å². The minimum atomic E-state index is 0. The van der Waals surface area contributed by atoms with Gasteiger partial charge in [-0.05, 0) is 88.7 Å². The Hall–Kier alpha value is -4.53. The van der Waals surface area contributed by atoms with E-state index >= 15 is 0 Å². The maximum Gasteiger partial charge on any atom is 0.219 e. The van der Waals surface area contributed by atoms with Crippen LogP contribution < -0.4 is 14.2 Å². The fraction of sp³-hybridized carbons (Fsp3) is 0.273. The van der Waals surface area contributed by atoms with Gasteiger partial charge in [0, 0.05) is 62.0 Å². The van der Waals surface area contributed by atoms with E-state index in [1.54, 1.807) is 24.4 Å². The number of pyridine rings is 1. The standard InChI is InChI=1S/C44H45Cl2N3O4.ClH/c1-31(2)36-10-14-39(15-11-36)51-25-19-33-4-6-34(7-5-33)29-48-20-22-49(23-21-48)42(18-24-50)37-26-32(3)44(41(46)27-37)53-43-17-16-40(28-47-43)52-30-35-8-12-38(45)13-9-35;/h4-18,24,26-28,31H,19-23,25,29-30H2,1-3H3;1H/b42-18+;. The monoisotopic (exact) mass is 785 g/mol. The van der Waals surface area contributed by atoms with E-state index in [9.17, 15) is 4.79 Å². The molecule has 282 valence electrons. The molecule has 2 heterocycles. The van der Waals surface area contributed by atoms with Crippen LogP contribution in [0.1, 0.15) is 53.1 Å². The number of benzene rings is 4. The van der Waals surface area contributed by atoms with Crippen molar-refractivity contribution >= 4 is 47.6 Å². The maximum absolute atomic E-state index is 11.8. The van der Waals surface area contributed by atoms with Crippen LogP contribution in [0.4, 0.5) is 0 Å². The summed E-state index contributed by atoms with van der Waals surface area (Å²) in [5, 5.41) is 1.12. The molecule has 0 bridgehead atoms. The van der Waals surface area contributed by atoms with Crippen molar-refractivity contribution in [1.29, 1.82) is 0 Å². The second kappa shape index (κ2) is 19.7. The molecule has 54 heavy (non-hydrogen) atoms. The molecule has 10 heteroatoms. The van der Waals surface area contributed by atoms with Gasteiger partial charge in [-0.15, -0.1) is 12.4 Å². The average molecular weight is 787 g/mol. The van der Waals surface area contributed by atoms with E-state index in [4.69, 9.17) is 37.4 Å². The van der Waals surface area contributed by atoms with Crippen LogP contribution in [0.2, 0.25) is 10.0 Å². The molecule has 0 aliphatic carbocycles. The number of hydrogen-bond donors (Lipinski definition) is 0. The van der Waals surface area contributed by atoms with Crippen molar-refractivity contribution in [3.8, 4) is 23.1 Å². The molecule has 1 aliphatic heterocycles. The smallest absolute Gasteiger partial charge is 0.219 e. The number of carbonyl (C=O) groups excluding carboxylic acids is 1. The van der Waals surface area contributed by atoms with E-state index in [0.29, 0.717) is 46.6 Å². The molecular weight excluding hydrogens is 741 g/mol. The molecule has 4 aromatic carbocycles. The number of nitrogens with zero attached hydrogens (tertiary/aromatic N) is 3. The summed E-state index contributed by atoms with van der Waals surface area (Å²) >= 11 is 12.8. The third-order valence-corrected chi connectivity index (χ3v) is 9.87. The van der Waals surface area contributed by atoms with Crippen molar-refractivity contribution in [2.24, 2.45) is 0 Å². The normalized spacial score (nSPS) is 13.4. The zero-order valence-electron chi connectivity index (χ0n) is 30.8. The lowest BCUT2D eigenvalue weighted by Gasteiger charge is -2.37. The Balaban J connectivity index is 0.00000561. The van der Waals surface area contributed by atoms with Gasteiger partial charge in [-0.1, -0.05) is 85.6 Å². The highest BCUT2D eigenvalue weighted by Crippen LogP contribution is 2.36. The Morgan fingerprint density at radius 1 is 0.815 bits per heavy atom. The van der Waals surface area contributed by atoms with E-state index in [1.165, 1.54) is 16.7 Å². The van der Waals surface area contributed by atoms with Gasteiger partial charge >= 0.3 is 0 Å². The van der Waals surface area contributed by atoms with Gasteiger partial charge in [0.25, 0.3) is 0 Å². The fourth-order valence-electron chi connectivity index (χ4n) is 6.27. The first-order valence-electron chi connectivity index (χ1n) is 18.0. The van der Waals surface area contributed by atoms with Gasteiger partial charge in [0.2, 0.25) is 5.88 Å². The lowest BCUT2D eigenvalue weighted by molar-refractivity contribution is -0.104. The summed E-state index contributed by atoms with van der Waals surface area (Å²) in [5.41, 5.74) is 7.41. The largest absolute Gasteiger partial charge is 0.493 e. The SMILES string of the molecule is Cc1cc(/C(=C\C=O)N2CCN(Cc3ccc(CCOc4ccc(C(C)C)cc4)cc3)CC2)cc(Cl)c1Oc1ccc(OCc2ccc(Cl)cc2)cn1.Cl. The van der Waals surface area contributed by atoms with Crippen molar-refractivity contribution < 1.29 is 19.0 Å². The molecular formula is C44H46Cl3N3O4. The van der Waals surface area contributed by atoms with Gasteiger partial charge < -0.3 is 19.1 Å². The second-order valence-corrected chi connectivity index (χ2v) is 14.4. The van der Waals surface area contributed by atoms with Crippen LogP contribution in [0.3, 0.4) is 0 Å². The Labute approximate surface area is 334 Å². The van der Waals surface area contributed by atoms with E-state index < -0.39 is 0 Å². The molecule has 0 atom stereocenters. The summed E-state index contributed by atoms with van der Waals surface area (Å²) in [4.78, 5) is 20.9. The third-order valence-electron chi connectivity index (χ3n) is 9.33. The third kappa shape index (κ3) is 11.2. The Morgan fingerprint density at radius 3 is 2.11 bits per heavy atom. The van der Waals surface area contributed by atoms with Gasteiger partial charge in [-0.25, -0.2) is 4.98 Å². The number of halogens is 3. The van der Waals surface area contributed by atoms with E-state index in [1.807, 2.05) is 43.3 Å². The highest BCUT2D eigenvalue weighted by molar-refractivity contribution is 6.32. The Kier molecular flexibility index (Phi) is 14.8. The summed E-state index contributed by atoms with van der Waals surface area (Å²) in [5.74, 6) is 2.96. The highest BCUT2D eigenvalue weighted by Gasteiger charge is 2.22. The summed E-state index contributed by atoms with van der Waals surface area (Å²) in [7, 11) is 0. The van der Waals surface area contributed by atoms with Crippen molar-refractivity contribution in [2.45, 2.75) is 46.3 Å². The van der Waals surface area contributed by atoms with Gasteiger partial charge in [0.1, 0.15) is 24.4 Å². The number of aldehydes is 1. The summed E-state index contributed by atoms with van der Waals surface area (Å²) in [6, 6.07) is 32.1. The quantitative estimate of drug-likeness (QED) is 0.0773. The van der Waals surface area contributed by atoms with E-state index in [-0.39, 0.29) is 12.4 Å². The molecule has 1 aromatic heterocycles. The van der Waals surface area contributed by atoms with Crippen molar-refractivity contribution in [3.63, 3.8) is 0 Å². The average Bonchev–Trinajstić information content (AvgIpc) is 3.17. The van der Waals surface area contributed by atoms with Crippen LogP contribution in [0, 0.1) is 6.92 Å². The van der Waals surface area contributed by atoms with Gasteiger partial charge in [0.05, 0.1) is 17.8 Å². The lowest BCUT2D eigenvalue weighted by atomic mass is 10.0. The van der Waals surface area contributed by atoms with Crippen LogP contribution in [-0.4, -0.2) is 53.9 Å². The zero-order valence-corrected chi connectivity index (χ0v) is 33.2. The minimum absolute atomic E-state index is 0. The zero-order chi connectivity index (χ0) is 37.2. The molecule has 6 rings (SSSR count). The van der Waals surface area contributed by atoms with Crippen LogP contribution in [0.5, 0.6) is 23.1 Å². The first-order chi connectivity index (χ1) is 25.7. The molecule has 0 N–H and O–H groups in total. The molecule has 1 fully saturated rings. The number of aryl methyl sites for hydroxylation is 1. The van der Waals surface area contributed by atoms with Crippen molar-refractivity contribution in [1.82, 2.24) is 14.8 Å².